The first kappa shape index (κ1) is 31.5. The number of carbonyl (C=O) groups excluding carboxylic acids is 2. The number of rotatable bonds is 15. The first-order valence-corrected chi connectivity index (χ1v) is 14.2. The van der Waals surface area contributed by atoms with Crippen molar-refractivity contribution in [2.24, 2.45) is 0 Å². The van der Waals surface area contributed by atoms with E-state index in [0.29, 0.717) is 5.56 Å². The molecule has 10 nitrogen and oxygen atoms in total. The van der Waals surface area contributed by atoms with Crippen molar-refractivity contribution in [3.63, 3.8) is 0 Å². The summed E-state index contributed by atoms with van der Waals surface area (Å²) in [4.78, 5) is 23.8. The summed E-state index contributed by atoms with van der Waals surface area (Å²) in [5.74, 6) is -2.59. The van der Waals surface area contributed by atoms with Crippen molar-refractivity contribution in [2.75, 3.05) is 0 Å². The smallest absolute Gasteiger partial charge is 0.387 e. The van der Waals surface area contributed by atoms with E-state index in [9.17, 15) is 32.0 Å². The third-order valence-corrected chi connectivity index (χ3v) is 8.60. The average Bonchev–Trinajstić information content (AvgIpc) is 2.97. The molecule has 0 radical (unpaired) electrons. The number of amides is 2. The Balaban J connectivity index is 1.89. The normalized spacial score (nSPS) is 12.8. The van der Waals surface area contributed by atoms with Crippen molar-refractivity contribution < 1.29 is 46.7 Å². The average molecular weight is 593 g/mol. The molecule has 2 atom stereocenters. The molecule has 0 saturated heterocycles. The van der Waals surface area contributed by atoms with Crippen molar-refractivity contribution in [3.05, 3.63) is 84.4 Å². The molecule has 4 N–H and O–H groups in total. The van der Waals surface area contributed by atoms with E-state index in [4.69, 9.17) is 9.94 Å². The molecule has 0 aliphatic heterocycles. The molecular weight excluding hydrogens is 562 g/mol. The molecule has 2 unspecified atom stereocenters. The highest BCUT2D eigenvalue weighted by Crippen LogP contribution is 2.37. The predicted molar refractivity (Wildman–Crippen MR) is 143 cm³/mol. The van der Waals surface area contributed by atoms with Crippen LogP contribution in [0.5, 0.6) is 17.2 Å². The Morgan fingerprint density at radius 2 is 1.49 bits per heavy atom. The zero-order valence-electron chi connectivity index (χ0n) is 21.8. The second kappa shape index (κ2) is 15.1. The van der Waals surface area contributed by atoms with Gasteiger partial charge in [-0.15, -0.1) is 0 Å². The fourth-order valence-corrected chi connectivity index (χ4v) is 6.13. The lowest BCUT2D eigenvalue weighted by Gasteiger charge is -2.21. The molecular formula is C28H30F2N2O8S. The van der Waals surface area contributed by atoms with Gasteiger partial charge in [0.1, 0.15) is 5.75 Å². The molecule has 3 aromatic carbocycles. The largest absolute Gasteiger partial charge is 0.453 e. The lowest BCUT2D eigenvalue weighted by atomic mass is 9.92. The quantitative estimate of drug-likeness (QED) is 0.143. The number of ether oxygens (including phenoxy) is 2. The van der Waals surface area contributed by atoms with E-state index in [1.165, 1.54) is 5.48 Å². The van der Waals surface area contributed by atoms with Gasteiger partial charge in [-0.25, -0.2) is 19.4 Å². The topological polar surface area (TPSA) is 151 Å². The minimum atomic E-state index is -4.19. The van der Waals surface area contributed by atoms with Gasteiger partial charge in [-0.3, -0.25) is 20.0 Å². The number of hydrogen-bond donors (Lipinski definition) is 4. The summed E-state index contributed by atoms with van der Waals surface area (Å²) in [6.45, 7) is -3.19. The van der Waals surface area contributed by atoms with Gasteiger partial charge in [-0.1, -0.05) is 55.0 Å². The molecule has 220 valence electrons. The Hall–Kier alpha value is -4.07. The zero-order chi connectivity index (χ0) is 29.8. The Labute approximate surface area is 235 Å². The lowest BCUT2D eigenvalue weighted by Crippen LogP contribution is -2.28. The first-order chi connectivity index (χ1) is 19.6. The third-order valence-electron chi connectivity index (χ3n) is 6.34. The monoisotopic (exact) mass is 592 g/mol. The van der Waals surface area contributed by atoms with Crippen molar-refractivity contribution in [2.45, 2.75) is 54.8 Å². The number of hydrogen-bond acceptors (Lipinski definition) is 8. The van der Waals surface area contributed by atoms with Crippen LogP contribution < -0.4 is 20.4 Å². The maximum Gasteiger partial charge on any atom is 0.387 e. The van der Waals surface area contributed by atoms with Gasteiger partial charge in [0.05, 0.1) is 16.1 Å². The minimum Gasteiger partial charge on any atom is -0.453 e. The SMILES string of the molecule is O=C(CCC(CCCC(C(=O)NO)c1ccccc1)S(=O)(=O)c1ccc(OC(F)F)c(Oc2ccccc2)c1)NO. The number of halogens is 2. The van der Waals surface area contributed by atoms with Gasteiger partial charge in [0, 0.05) is 12.5 Å². The molecule has 0 fully saturated rings. The number of para-hydroxylation sites is 1. The van der Waals surface area contributed by atoms with Crippen LogP contribution >= 0.6 is 0 Å². The summed E-state index contributed by atoms with van der Waals surface area (Å²) in [5.41, 5.74) is 3.72. The molecule has 13 heteroatoms. The highest BCUT2D eigenvalue weighted by atomic mass is 32.2. The number of benzene rings is 3. The van der Waals surface area contributed by atoms with Gasteiger partial charge >= 0.3 is 6.61 Å². The molecule has 0 aromatic heterocycles. The number of alkyl halides is 2. The molecule has 3 aromatic rings. The van der Waals surface area contributed by atoms with Crippen LogP contribution in [0.4, 0.5) is 8.78 Å². The summed E-state index contributed by atoms with van der Waals surface area (Å²) in [6.07, 6.45) is -0.107. The summed E-state index contributed by atoms with van der Waals surface area (Å²) in [5, 5.41) is 16.9. The summed E-state index contributed by atoms with van der Waals surface area (Å²) >= 11 is 0. The van der Waals surface area contributed by atoms with E-state index in [-0.39, 0.29) is 54.2 Å². The van der Waals surface area contributed by atoms with Crippen LogP contribution in [0.15, 0.2) is 83.8 Å². The fraction of sp³-hybridized carbons (Fsp3) is 0.286. The van der Waals surface area contributed by atoms with Gasteiger partial charge in [0.25, 0.3) is 5.91 Å². The van der Waals surface area contributed by atoms with Crippen molar-refractivity contribution in [1.29, 1.82) is 0 Å². The zero-order valence-corrected chi connectivity index (χ0v) is 22.6. The van der Waals surface area contributed by atoms with E-state index >= 15 is 0 Å². The van der Waals surface area contributed by atoms with Crippen molar-refractivity contribution in [1.82, 2.24) is 11.0 Å². The molecule has 3 rings (SSSR count). The highest BCUT2D eigenvalue weighted by Gasteiger charge is 2.30. The Morgan fingerprint density at radius 3 is 2.10 bits per heavy atom. The van der Waals surface area contributed by atoms with Gasteiger partial charge in [-0.05, 0) is 49.1 Å². The Bertz CT molecular complexity index is 1390. The van der Waals surface area contributed by atoms with Crippen LogP contribution in [0.1, 0.15) is 43.6 Å². The van der Waals surface area contributed by atoms with Gasteiger partial charge in [0.15, 0.2) is 21.3 Å². The lowest BCUT2D eigenvalue weighted by molar-refractivity contribution is -0.131. The van der Waals surface area contributed by atoms with Crippen LogP contribution in [-0.4, -0.2) is 42.5 Å². The molecule has 0 bridgehead atoms. The Kier molecular flexibility index (Phi) is 11.6. The van der Waals surface area contributed by atoms with Crippen LogP contribution in [0.3, 0.4) is 0 Å². The van der Waals surface area contributed by atoms with Gasteiger partial charge in [-0.2, -0.15) is 8.78 Å². The molecule has 0 aliphatic rings. The second-order valence-electron chi connectivity index (χ2n) is 9.01. The number of sulfone groups is 1. The third kappa shape index (κ3) is 8.96. The van der Waals surface area contributed by atoms with Gasteiger partial charge < -0.3 is 9.47 Å². The number of nitrogens with one attached hydrogen (secondary N) is 2. The van der Waals surface area contributed by atoms with Crippen LogP contribution in [0.2, 0.25) is 0 Å². The van der Waals surface area contributed by atoms with Gasteiger partial charge in [0.2, 0.25) is 5.91 Å². The Morgan fingerprint density at radius 1 is 0.829 bits per heavy atom. The number of carbonyl (C=O) groups is 2. The molecule has 2 amide bonds. The van der Waals surface area contributed by atoms with Crippen molar-refractivity contribution in [3.8, 4) is 17.2 Å². The summed E-state index contributed by atoms with van der Waals surface area (Å²) in [7, 11) is -4.19. The molecule has 0 heterocycles. The van der Waals surface area contributed by atoms with E-state index in [1.807, 2.05) is 0 Å². The summed E-state index contributed by atoms with van der Waals surface area (Å²) in [6, 6.07) is 20.0. The standard InChI is InChI=1S/C28H30F2N2O8S/c29-28(30)40-24-16-14-22(18-25(24)39-20-10-5-2-6-11-20)41(37,38)21(15-17-26(33)31-35)12-7-13-23(27(34)32-36)19-8-3-1-4-9-19/h1-6,8-11,14,16,18,21,23,28,35-36H,7,12-13,15,17H2,(H,31,33)(H,32,34). The second-order valence-corrected chi connectivity index (χ2v) is 11.2. The molecule has 41 heavy (non-hydrogen) atoms. The van der Waals surface area contributed by atoms with E-state index in [0.717, 1.165) is 18.2 Å². The van der Waals surface area contributed by atoms with Crippen LogP contribution in [0.25, 0.3) is 0 Å². The van der Waals surface area contributed by atoms with E-state index < -0.39 is 39.4 Å². The minimum absolute atomic E-state index is 0.00719. The van der Waals surface area contributed by atoms with Crippen LogP contribution in [0, 0.1) is 0 Å². The molecule has 0 saturated carbocycles. The maximum atomic E-state index is 13.7. The van der Waals surface area contributed by atoms with Crippen molar-refractivity contribution >= 4 is 21.7 Å². The summed E-state index contributed by atoms with van der Waals surface area (Å²) < 4.78 is 63.7. The predicted octanol–water partition coefficient (Wildman–Crippen LogP) is 4.97. The highest BCUT2D eigenvalue weighted by molar-refractivity contribution is 7.92. The molecule has 0 spiro atoms. The number of hydroxylamine groups is 2. The van der Waals surface area contributed by atoms with E-state index in [2.05, 4.69) is 4.74 Å². The fourth-order valence-electron chi connectivity index (χ4n) is 4.31. The first-order valence-electron chi connectivity index (χ1n) is 12.6. The van der Waals surface area contributed by atoms with E-state index in [1.54, 1.807) is 66.1 Å². The van der Waals surface area contributed by atoms with Crippen LogP contribution in [-0.2, 0) is 19.4 Å². The molecule has 0 aliphatic carbocycles. The maximum absolute atomic E-state index is 13.7.